The fraction of sp³-hybridized carbons (Fsp3) is 0.889. The third-order valence-electron chi connectivity index (χ3n) is 2.52. The number of methoxy groups -OCH3 is 1. The Morgan fingerprint density at radius 2 is 2.15 bits per heavy atom. The van der Waals surface area contributed by atoms with Gasteiger partial charge in [0.2, 0.25) is 5.91 Å². The second-order valence-corrected chi connectivity index (χ2v) is 3.61. The Labute approximate surface area is 78.6 Å². The smallest absolute Gasteiger partial charge is 0.227 e. The van der Waals surface area contributed by atoms with Crippen LogP contribution in [0.3, 0.4) is 0 Å². The molecule has 0 aromatic heterocycles. The van der Waals surface area contributed by atoms with Crippen LogP contribution >= 0.6 is 0 Å². The normalized spacial score (nSPS) is 21.1. The molecule has 0 aromatic rings. The maximum atomic E-state index is 11.6. The Morgan fingerprint density at radius 1 is 1.54 bits per heavy atom. The third kappa shape index (κ3) is 2.67. The molecule has 1 heterocycles. The highest BCUT2D eigenvalue weighted by Gasteiger charge is 2.34. The van der Waals surface area contributed by atoms with Gasteiger partial charge < -0.3 is 14.8 Å². The van der Waals surface area contributed by atoms with Crippen LogP contribution < -0.4 is 5.32 Å². The lowest BCUT2D eigenvalue weighted by Crippen LogP contribution is -2.43. The second kappa shape index (κ2) is 4.58. The fourth-order valence-corrected chi connectivity index (χ4v) is 1.40. The number of hydrogen-bond donors (Lipinski definition) is 1. The van der Waals surface area contributed by atoms with Crippen molar-refractivity contribution in [3.05, 3.63) is 0 Å². The summed E-state index contributed by atoms with van der Waals surface area (Å²) in [6, 6.07) is 0. The Kier molecular flexibility index (Phi) is 3.69. The Hall–Kier alpha value is -0.610. The minimum atomic E-state index is -0.267. The highest BCUT2D eigenvalue weighted by atomic mass is 16.5. The van der Waals surface area contributed by atoms with Crippen molar-refractivity contribution in [2.75, 3.05) is 27.1 Å². The molecular weight excluding hydrogens is 170 g/mol. The minimum Gasteiger partial charge on any atom is -0.381 e. The van der Waals surface area contributed by atoms with E-state index in [-0.39, 0.29) is 18.1 Å². The van der Waals surface area contributed by atoms with E-state index >= 15 is 0 Å². The van der Waals surface area contributed by atoms with E-state index in [2.05, 4.69) is 5.32 Å². The highest BCUT2D eigenvalue weighted by molar-refractivity contribution is 5.82. The van der Waals surface area contributed by atoms with Crippen molar-refractivity contribution < 1.29 is 14.3 Å². The first-order chi connectivity index (χ1) is 6.19. The summed E-state index contributed by atoms with van der Waals surface area (Å²) in [7, 11) is 1.56. The van der Waals surface area contributed by atoms with E-state index in [4.69, 9.17) is 9.47 Å². The largest absolute Gasteiger partial charge is 0.381 e. The molecule has 0 unspecified atom stereocenters. The van der Waals surface area contributed by atoms with Crippen LogP contribution in [0.4, 0.5) is 0 Å². The summed E-state index contributed by atoms with van der Waals surface area (Å²) in [5.74, 6) is 0.0673. The van der Waals surface area contributed by atoms with Gasteiger partial charge in [-0.1, -0.05) is 6.92 Å². The second-order valence-electron chi connectivity index (χ2n) is 3.61. The standard InChI is InChI=1S/C9H17NO3/c1-9(3-5-13-6-4-9)8(11)10-7-12-2/h3-7H2,1-2H3,(H,10,11). The average Bonchev–Trinajstić information content (AvgIpc) is 2.15. The van der Waals surface area contributed by atoms with E-state index in [1.807, 2.05) is 6.92 Å². The molecule has 1 N–H and O–H groups in total. The van der Waals surface area contributed by atoms with Crippen molar-refractivity contribution in [2.45, 2.75) is 19.8 Å². The van der Waals surface area contributed by atoms with Gasteiger partial charge in [0, 0.05) is 20.3 Å². The first kappa shape index (κ1) is 10.5. The lowest BCUT2D eigenvalue weighted by Gasteiger charge is -2.31. The van der Waals surface area contributed by atoms with Crippen LogP contribution in [0.1, 0.15) is 19.8 Å². The molecule has 0 bridgehead atoms. The van der Waals surface area contributed by atoms with Gasteiger partial charge in [-0.25, -0.2) is 0 Å². The highest BCUT2D eigenvalue weighted by Crippen LogP contribution is 2.29. The van der Waals surface area contributed by atoms with Gasteiger partial charge in [-0.05, 0) is 12.8 Å². The lowest BCUT2D eigenvalue weighted by atomic mass is 9.81. The summed E-state index contributed by atoms with van der Waals surface area (Å²) in [4.78, 5) is 11.6. The van der Waals surface area contributed by atoms with Gasteiger partial charge in [0.05, 0.1) is 5.41 Å². The van der Waals surface area contributed by atoms with Crippen molar-refractivity contribution in [3.63, 3.8) is 0 Å². The predicted octanol–water partition coefficient (Wildman–Crippen LogP) is 0.523. The fourth-order valence-electron chi connectivity index (χ4n) is 1.40. The predicted molar refractivity (Wildman–Crippen MR) is 48.2 cm³/mol. The molecule has 0 aliphatic carbocycles. The minimum absolute atomic E-state index is 0.0673. The summed E-state index contributed by atoms with van der Waals surface area (Å²) in [5.41, 5.74) is -0.267. The molecule has 1 fully saturated rings. The van der Waals surface area contributed by atoms with Crippen LogP contribution in [0.15, 0.2) is 0 Å². The van der Waals surface area contributed by atoms with Crippen molar-refractivity contribution in [1.29, 1.82) is 0 Å². The zero-order valence-electron chi connectivity index (χ0n) is 8.26. The quantitative estimate of drug-likeness (QED) is 0.655. The molecule has 0 saturated carbocycles. The zero-order valence-corrected chi connectivity index (χ0v) is 8.26. The van der Waals surface area contributed by atoms with Crippen LogP contribution in [-0.2, 0) is 14.3 Å². The van der Waals surface area contributed by atoms with Gasteiger partial charge in [0.1, 0.15) is 6.73 Å². The molecule has 4 heteroatoms. The molecule has 0 aromatic carbocycles. The van der Waals surface area contributed by atoms with Gasteiger partial charge in [-0.15, -0.1) is 0 Å². The number of amides is 1. The molecule has 0 atom stereocenters. The average molecular weight is 187 g/mol. The van der Waals surface area contributed by atoms with Crippen molar-refractivity contribution in [1.82, 2.24) is 5.32 Å². The van der Waals surface area contributed by atoms with E-state index < -0.39 is 0 Å². The molecule has 1 amide bonds. The number of carbonyl (C=O) groups excluding carboxylic acids is 1. The molecule has 1 aliphatic heterocycles. The van der Waals surface area contributed by atoms with E-state index in [0.29, 0.717) is 13.2 Å². The topological polar surface area (TPSA) is 47.6 Å². The van der Waals surface area contributed by atoms with Crippen LogP contribution in [0, 0.1) is 5.41 Å². The molecule has 76 valence electrons. The SMILES string of the molecule is COCNC(=O)C1(C)CCOCC1. The van der Waals surface area contributed by atoms with Crippen LogP contribution in [-0.4, -0.2) is 33.0 Å². The van der Waals surface area contributed by atoms with Gasteiger partial charge in [0.25, 0.3) is 0 Å². The van der Waals surface area contributed by atoms with E-state index in [1.54, 1.807) is 7.11 Å². The van der Waals surface area contributed by atoms with E-state index in [9.17, 15) is 4.79 Å². The summed E-state index contributed by atoms with van der Waals surface area (Å²) >= 11 is 0. The first-order valence-corrected chi connectivity index (χ1v) is 4.54. The summed E-state index contributed by atoms with van der Waals surface area (Å²) < 4.78 is 9.99. The number of nitrogens with one attached hydrogen (secondary N) is 1. The molecule has 0 spiro atoms. The van der Waals surface area contributed by atoms with Crippen LogP contribution in [0.2, 0.25) is 0 Å². The van der Waals surface area contributed by atoms with Crippen LogP contribution in [0.5, 0.6) is 0 Å². The summed E-state index contributed by atoms with van der Waals surface area (Å²) in [6.45, 7) is 3.61. The molecule has 0 radical (unpaired) electrons. The number of hydrogen-bond acceptors (Lipinski definition) is 3. The molecular formula is C9H17NO3. The number of ether oxygens (including phenoxy) is 2. The van der Waals surface area contributed by atoms with Gasteiger partial charge in [0.15, 0.2) is 0 Å². The van der Waals surface area contributed by atoms with Gasteiger partial charge in [-0.3, -0.25) is 4.79 Å². The maximum Gasteiger partial charge on any atom is 0.227 e. The van der Waals surface area contributed by atoms with Crippen molar-refractivity contribution in [2.24, 2.45) is 5.41 Å². The van der Waals surface area contributed by atoms with E-state index in [0.717, 1.165) is 12.8 Å². The van der Waals surface area contributed by atoms with Gasteiger partial charge >= 0.3 is 0 Å². The Morgan fingerprint density at radius 3 is 2.69 bits per heavy atom. The molecule has 1 saturated heterocycles. The Bertz CT molecular complexity index is 176. The van der Waals surface area contributed by atoms with E-state index in [1.165, 1.54) is 0 Å². The maximum absolute atomic E-state index is 11.6. The monoisotopic (exact) mass is 187 g/mol. The van der Waals surface area contributed by atoms with Crippen LogP contribution in [0.25, 0.3) is 0 Å². The molecule has 1 aliphatic rings. The molecule has 1 rings (SSSR count). The summed E-state index contributed by atoms with van der Waals surface area (Å²) in [5, 5.41) is 2.73. The number of carbonyl (C=O) groups is 1. The third-order valence-corrected chi connectivity index (χ3v) is 2.52. The summed E-state index contributed by atoms with van der Waals surface area (Å²) in [6.07, 6.45) is 1.59. The molecule has 4 nitrogen and oxygen atoms in total. The van der Waals surface area contributed by atoms with Crippen molar-refractivity contribution >= 4 is 5.91 Å². The van der Waals surface area contributed by atoms with Crippen molar-refractivity contribution in [3.8, 4) is 0 Å². The molecule has 13 heavy (non-hydrogen) atoms. The zero-order chi connectivity index (χ0) is 9.73. The Balaban J connectivity index is 2.42. The first-order valence-electron chi connectivity index (χ1n) is 4.54. The lowest BCUT2D eigenvalue weighted by molar-refractivity contribution is -0.136. The number of rotatable bonds is 3. The van der Waals surface area contributed by atoms with Gasteiger partial charge in [-0.2, -0.15) is 0 Å².